The van der Waals surface area contributed by atoms with Crippen molar-refractivity contribution in [3.8, 4) is 0 Å². The van der Waals surface area contributed by atoms with Gasteiger partial charge < -0.3 is 10.8 Å². The van der Waals surface area contributed by atoms with Crippen molar-refractivity contribution >= 4 is 24.8 Å². The minimum atomic E-state index is 0.494. The molecular formula is C11H10N2O. The Labute approximate surface area is 82.1 Å². The second-order valence-electron chi connectivity index (χ2n) is 2.72. The summed E-state index contributed by atoms with van der Waals surface area (Å²) in [5, 5.41) is 14.0. The average Bonchev–Trinajstić information content (AvgIpc) is 2.26. The summed E-state index contributed by atoms with van der Waals surface area (Å²) in [7, 11) is 0. The molecule has 3 heteroatoms. The topological polar surface area (TPSA) is 64.8 Å². The molecule has 0 heterocycles. The van der Waals surface area contributed by atoms with Crippen LogP contribution in [-0.4, -0.2) is 18.7 Å². The number of benzene rings is 1. The quantitative estimate of drug-likeness (QED) is 0.549. The Morgan fingerprint density at radius 3 is 2.36 bits per heavy atom. The van der Waals surface area contributed by atoms with Crippen molar-refractivity contribution in [2.75, 3.05) is 0 Å². The van der Waals surface area contributed by atoms with Crippen LogP contribution in [0.3, 0.4) is 0 Å². The van der Waals surface area contributed by atoms with Crippen molar-refractivity contribution in [2.24, 2.45) is 0 Å². The van der Waals surface area contributed by atoms with Gasteiger partial charge in [0.05, 0.1) is 0 Å². The summed E-state index contributed by atoms with van der Waals surface area (Å²) in [5.74, 6) is 0. The van der Waals surface area contributed by atoms with Gasteiger partial charge in [0.1, 0.15) is 6.29 Å². The Kier molecular flexibility index (Phi) is 3.49. The summed E-state index contributed by atoms with van der Waals surface area (Å²) in [4.78, 5) is 10.5. The van der Waals surface area contributed by atoms with Crippen molar-refractivity contribution < 1.29 is 4.79 Å². The van der Waals surface area contributed by atoms with E-state index in [4.69, 9.17) is 10.8 Å². The zero-order valence-corrected chi connectivity index (χ0v) is 7.53. The molecule has 0 bridgehead atoms. The molecule has 0 radical (unpaired) electrons. The van der Waals surface area contributed by atoms with Gasteiger partial charge in [-0.15, -0.1) is 0 Å². The van der Waals surface area contributed by atoms with E-state index in [0.717, 1.165) is 24.3 Å². The molecule has 0 saturated carbocycles. The van der Waals surface area contributed by atoms with E-state index in [1.807, 2.05) is 6.07 Å². The monoisotopic (exact) mass is 186 g/mol. The van der Waals surface area contributed by atoms with Gasteiger partial charge in [-0.05, 0) is 17.7 Å². The lowest BCUT2D eigenvalue weighted by molar-refractivity contribution is 0.112. The van der Waals surface area contributed by atoms with Crippen LogP contribution in [-0.2, 0) is 0 Å². The van der Waals surface area contributed by atoms with E-state index < -0.39 is 0 Å². The highest BCUT2D eigenvalue weighted by Crippen LogP contribution is 2.06. The van der Waals surface area contributed by atoms with Gasteiger partial charge in [-0.3, -0.25) is 4.79 Å². The molecule has 0 aromatic heterocycles. The number of rotatable bonds is 4. The van der Waals surface area contributed by atoms with Crippen LogP contribution in [0.1, 0.15) is 15.9 Å². The molecule has 0 aliphatic carbocycles. The number of nitrogens with one attached hydrogen (secondary N) is 2. The molecule has 0 unspecified atom stereocenters. The van der Waals surface area contributed by atoms with Crippen molar-refractivity contribution in [1.29, 1.82) is 10.8 Å². The van der Waals surface area contributed by atoms with Gasteiger partial charge in [0.2, 0.25) is 0 Å². The van der Waals surface area contributed by atoms with E-state index in [-0.39, 0.29) is 0 Å². The standard InChI is InChI=1S/C11H10N2O/c12-6-11(7-13)5-9-2-1-3-10(4-9)8-14/h1-8,12-13H. The Morgan fingerprint density at radius 1 is 1.14 bits per heavy atom. The van der Waals surface area contributed by atoms with Crippen molar-refractivity contribution in [1.82, 2.24) is 0 Å². The molecule has 1 rings (SSSR count). The predicted octanol–water partition coefficient (Wildman–Crippen LogP) is 2.18. The molecule has 0 aliphatic heterocycles. The zero-order valence-electron chi connectivity index (χ0n) is 7.53. The molecule has 0 fully saturated rings. The van der Waals surface area contributed by atoms with Gasteiger partial charge in [0.15, 0.2) is 0 Å². The molecular weight excluding hydrogens is 176 g/mol. The summed E-state index contributed by atoms with van der Waals surface area (Å²) >= 11 is 0. The molecule has 1 aromatic carbocycles. The molecule has 0 aliphatic rings. The molecule has 0 atom stereocenters. The maximum absolute atomic E-state index is 10.5. The highest BCUT2D eigenvalue weighted by molar-refractivity contribution is 6.06. The molecule has 14 heavy (non-hydrogen) atoms. The van der Waals surface area contributed by atoms with E-state index in [2.05, 4.69) is 0 Å². The highest BCUT2D eigenvalue weighted by atomic mass is 16.1. The smallest absolute Gasteiger partial charge is 0.150 e. The van der Waals surface area contributed by atoms with Crippen LogP contribution in [0.25, 0.3) is 6.08 Å². The van der Waals surface area contributed by atoms with Crippen LogP contribution in [0, 0.1) is 10.8 Å². The third-order valence-corrected chi connectivity index (χ3v) is 1.71. The van der Waals surface area contributed by atoms with E-state index in [0.29, 0.717) is 11.1 Å². The van der Waals surface area contributed by atoms with Crippen LogP contribution in [0.4, 0.5) is 0 Å². The van der Waals surface area contributed by atoms with Gasteiger partial charge in [-0.2, -0.15) is 0 Å². The average molecular weight is 186 g/mol. The van der Waals surface area contributed by atoms with Gasteiger partial charge in [0.25, 0.3) is 0 Å². The van der Waals surface area contributed by atoms with Crippen molar-refractivity contribution in [3.63, 3.8) is 0 Å². The van der Waals surface area contributed by atoms with Gasteiger partial charge in [-0.25, -0.2) is 0 Å². The van der Waals surface area contributed by atoms with Crippen LogP contribution in [0.2, 0.25) is 0 Å². The lowest BCUT2D eigenvalue weighted by atomic mass is 10.1. The highest BCUT2D eigenvalue weighted by Gasteiger charge is 1.93. The first-order chi connectivity index (χ1) is 6.80. The maximum Gasteiger partial charge on any atom is 0.150 e. The minimum Gasteiger partial charge on any atom is -0.308 e. The number of carbonyl (C=O) groups is 1. The SMILES string of the molecule is N=CC(C=N)=Cc1cccc(C=O)c1. The fraction of sp³-hybridized carbons (Fsp3) is 0. The van der Waals surface area contributed by atoms with Crippen LogP contribution in [0.15, 0.2) is 29.8 Å². The summed E-state index contributed by atoms with van der Waals surface area (Å²) in [6.45, 7) is 0. The van der Waals surface area contributed by atoms with Crippen LogP contribution in [0.5, 0.6) is 0 Å². The number of carbonyl (C=O) groups excluding carboxylic acids is 1. The lowest BCUT2D eigenvalue weighted by Crippen LogP contribution is -1.85. The molecule has 1 aromatic rings. The van der Waals surface area contributed by atoms with Gasteiger partial charge in [-0.1, -0.05) is 18.2 Å². The first-order valence-corrected chi connectivity index (χ1v) is 4.08. The molecule has 70 valence electrons. The number of allylic oxidation sites excluding steroid dienone is 1. The Bertz CT molecular complexity index is 384. The fourth-order valence-electron chi connectivity index (χ4n) is 1.04. The Hall–Kier alpha value is -2.03. The largest absolute Gasteiger partial charge is 0.308 e. The molecule has 2 N–H and O–H groups in total. The van der Waals surface area contributed by atoms with E-state index in [1.54, 1.807) is 24.3 Å². The first kappa shape index (κ1) is 10.1. The summed E-state index contributed by atoms with van der Waals surface area (Å²) in [5.41, 5.74) is 1.90. The van der Waals surface area contributed by atoms with Gasteiger partial charge >= 0.3 is 0 Å². The fourth-order valence-corrected chi connectivity index (χ4v) is 1.04. The van der Waals surface area contributed by atoms with Crippen LogP contribution >= 0.6 is 0 Å². The van der Waals surface area contributed by atoms with Crippen molar-refractivity contribution in [2.45, 2.75) is 0 Å². The second-order valence-corrected chi connectivity index (χ2v) is 2.72. The van der Waals surface area contributed by atoms with Crippen LogP contribution < -0.4 is 0 Å². The molecule has 3 nitrogen and oxygen atoms in total. The third kappa shape index (κ3) is 2.48. The second kappa shape index (κ2) is 4.87. The Balaban J connectivity index is 3.06. The minimum absolute atomic E-state index is 0.494. The first-order valence-electron chi connectivity index (χ1n) is 4.08. The molecule has 0 saturated heterocycles. The normalized spacial score (nSPS) is 8.86. The van der Waals surface area contributed by atoms with E-state index in [9.17, 15) is 4.79 Å². The molecule has 0 spiro atoms. The Morgan fingerprint density at radius 2 is 1.79 bits per heavy atom. The van der Waals surface area contributed by atoms with E-state index >= 15 is 0 Å². The predicted molar refractivity (Wildman–Crippen MR) is 57.4 cm³/mol. The number of hydrogen-bond donors (Lipinski definition) is 2. The maximum atomic E-state index is 10.5. The summed E-state index contributed by atoms with van der Waals surface area (Å²) in [6.07, 6.45) is 4.64. The molecule has 0 amide bonds. The third-order valence-electron chi connectivity index (χ3n) is 1.71. The number of aldehydes is 1. The van der Waals surface area contributed by atoms with E-state index in [1.165, 1.54) is 0 Å². The zero-order chi connectivity index (χ0) is 10.4. The van der Waals surface area contributed by atoms with Crippen molar-refractivity contribution in [3.05, 3.63) is 41.0 Å². The number of hydrogen-bond acceptors (Lipinski definition) is 3. The lowest BCUT2D eigenvalue weighted by Gasteiger charge is -1.95. The summed E-state index contributed by atoms with van der Waals surface area (Å²) in [6, 6.07) is 7.00. The summed E-state index contributed by atoms with van der Waals surface area (Å²) < 4.78 is 0. The van der Waals surface area contributed by atoms with Gasteiger partial charge in [0, 0.05) is 23.6 Å².